The van der Waals surface area contributed by atoms with Crippen molar-refractivity contribution < 1.29 is 17.6 Å². The number of nitrogens with one attached hydrogen (secondary N) is 1. The van der Waals surface area contributed by atoms with Crippen LogP contribution in [0.2, 0.25) is 0 Å². The maximum absolute atomic E-state index is 12.4. The van der Waals surface area contributed by atoms with Crippen molar-refractivity contribution in [3.8, 4) is 11.5 Å². The van der Waals surface area contributed by atoms with E-state index in [9.17, 15) is 13.2 Å². The van der Waals surface area contributed by atoms with Crippen molar-refractivity contribution in [1.82, 2.24) is 14.5 Å². The summed E-state index contributed by atoms with van der Waals surface area (Å²) < 4.78 is 31.0. The first kappa shape index (κ1) is 20.7. The Labute approximate surface area is 179 Å². The number of hydrogen-bond donors (Lipinski definition) is 1. The molecule has 3 aromatic carbocycles. The standard InChI is InChI=1S/C22H20N4O4S/c1-26(2)31(28,29)19-11-9-17(10-12-19)21-24-25-22(30-21)23-20(27)14-15-7-8-16-5-3-4-6-18(16)13-15/h3-13H,14H2,1-2H3,(H,23,25,27). The molecule has 1 aromatic heterocycles. The van der Waals surface area contributed by atoms with Crippen molar-refractivity contribution in [2.45, 2.75) is 11.3 Å². The minimum absolute atomic E-state index is 0.0224. The van der Waals surface area contributed by atoms with E-state index in [2.05, 4.69) is 15.5 Å². The first-order valence-electron chi connectivity index (χ1n) is 9.47. The molecule has 31 heavy (non-hydrogen) atoms. The Kier molecular flexibility index (Phi) is 5.53. The summed E-state index contributed by atoms with van der Waals surface area (Å²) in [5, 5.41) is 12.5. The SMILES string of the molecule is CN(C)S(=O)(=O)c1ccc(-c2nnc(NC(=O)Cc3ccc4ccccc4c3)o2)cc1. The van der Waals surface area contributed by atoms with Crippen LogP contribution in [-0.4, -0.2) is 42.9 Å². The number of sulfonamides is 1. The Balaban J connectivity index is 1.44. The monoisotopic (exact) mass is 436 g/mol. The van der Waals surface area contributed by atoms with Gasteiger partial charge in [0.05, 0.1) is 11.3 Å². The predicted molar refractivity (Wildman–Crippen MR) is 117 cm³/mol. The number of anilines is 1. The van der Waals surface area contributed by atoms with E-state index in [4.69, 9.17) is 4.42 Å². The number of benzene rings is 3. The van der Waals surface area contributed by atoms with Gasteiger partial charge in [0.2, 0.25) is 21.8 Å². The molecule has 1 amide bonds. The fourth-order valence-electron chi connectivity index (χ4n) is 3.07. The Hall–Kier alpha value is -3.56. The lowest BCUT2D eigenvalue weighted by atomic mass is 10.1. The lowest BCUT2D eigenvalue weighted by molar-refractivity contribution is -0.115. The first-order valence-corrected chi connectivity index (χ1v) is 10.9. The van der Waals surface area contributed by atoms with E-state index in [-0.39, 0.29) is 29.1 Å². The quantitative estimate of drug-likeness (QED) is 0.497. The molecule has 4 rings (SSSR count). The Morgan fingerprint density at radius 3 is 2.39 bits per heavy atom. The first-order chi connectivity index (χ1) is 14.8. The van der Waals surface area contributed by atoms with Crippen LogP contribution in [0.15, 0.2) is 76.0 Å². The molecule has 0 saturated carbocycles. The molecule has 0 bridgehead atoms. The summed E-state index contributed by atoms with van der Waals surface area (Å²) >= 11 is 0. The van der Waals surface area contributed by atoms with E-state index in [1.54, 1.807) is 12.1 Å². The molecule has 0 atom stereocenters. The van der Waals surface area contributed by atoms with Gasteiger partial charge >= 0.3 is 6.01 Å². The molecule has 0 aliphatic carbocycles. The van der Waals surface area contributed by atoms with Gasteiger partial charge < -0.3 is 4.42 Å². The van der Waals surface area contributed by atoms with Crippen LogP contribution < -0.4 is 5.32 Å². The average Bonchev–Trinajstić information content (AvgIpc) is 3.22. The molecular weight excluding hydrogens is 416 g/mol. The van der Waals surface area contributed by atoms with E-state index >= 15 is 0 Å². The van der Waals surface area contributed by atoms with E-state index in [0.29, 0.717) is 5.56 Å². The van der Waals surface area contributed by atoms with Gasteiger partial charge in [0.25, 0.3) is 0 Å². The molecule has 0 fully saturated rings. The summed E-state index contributed by atoms with van der Waals surface area (Å²) in [5.74, 6) is -0.104. The van der Waals surface area contributed by atoms with Crippen molar-refractivity contribution in [1.29, 1.82) is 0 Å². The number of fused-ring (bicyclic) bond motifs is 1. The van der Waals surface area contributed by atoms with Crippen molar-refractivity contribution in [3.63, 3.8) is 0 Å². The minimum Gasteiger partial charge on any atom is -0.403 e. The topological polar surface area (TPSA) is 105 Å². The fraction of sp³-hybridized carbons (Fsp3) is 0.136. The minimum atomic E-state index is -3.52. The molecule has 4 aromatic rings. The lowest BCUT2D eigenvalue weighted by Crippen LogP contribution is -2.22. The highest BCUT2D eigenvalue weighted by atomic mass is 32.2. The molecule has 0 saturated heterocycles. The van der Waals surface area contributed by atoms with Crippen molar-refractivity contribution in [2.24, 2.45) is 0 Å². The number of aromatic nitrogens is 2. The van der Waals surface area contributed by atoms with Crippen molar-refractivity contribution in [2.75, 3.05) is 19.4 Å². The van der Waals surface area contributed by atoms with Crippen LogP contribution in [0, 0.1) is 0 Å². The Morgan fingerprint density at radius 1 is 0.968 bits per heavy atom. The van der Waals surface area contributed by atoms with E-state index < -0.39 is 10.0 Å². The van der Waals surface area contributed by atoms with Crippen LogP contribution in [0.4, 0.5) is 6.01 Å². The van der Waals surface area contributed by atoms with Gasteiger partial charge in [-0.15, -0.1) is 5.10 Å². The molecule has 158 valence electrons. The maximum Gasteiger partial charge on any atom is 0.322 e. The van der Waals surface area contributed by atoms with Gasteiger partial charge in [0, 0.05) is 19.7 Å². The second-order valence-electron chi connectivity index (χ2n) is 7.13. The van der Waals surface area contributed by atoms with E-state index in [0.717, 1.165) is 20.6 Å². The third kappa shape index (κ3) is 4.47. The number of hydrogen-bond acceptors (Lipinski definition) is 6. The second-order valence-corrected chi connectivity index (χ2v) is 9.28. The molecule has 8 nitrogen and oxygen atoms in total. The second kappa shape index (κ2) is 8.29. The molecule has 0 aliphatic rings. The predicted octanol–water partition coefficient (Wildman–Crippen LogP) is 3.32. The Bertz CT molecular complexity index is 1350. The number of rotatable bonds is 6. The zero-order valence-corrected chi connectivity index (χ0v) is 17.8. The van der Waals surface area contributed by atoms with Gasteiger partial charge in [-0.3, -0.25) is 10.1 Å². The smallest absolute Gasteiger partial charge is 0.322 e. The van der Waals surface area contributed by atoms with Crippen LogP contribution in [0.1, 0.15) is 5.56 Å². The van der Waals surface area contributed by atoms with Gasteiger partial charge in [-0.25, -0.2) is 12.7 Å². The molecule has 1 heterocycles. The summed E-state index contributed by atoms with van der Waals surface area (Å²) in [6.45, 7) is 0. The van der Waals surface area contributed by atoms with Crippen LogP contribution in [0.5, 0.6) is 0 Å². The van der Waals surface area contributed by atoms with Gasteiger partial charge in [-0.1, -0.05) is 47.6 Å². The number of amides is 1. The lowest BCUT2D eigenvalue weighted by Gasteiger charge is -2.11. The van der Waals surface area contributed by atoms with Crippen LogP contribution >= 0.6 is 0 Å². The zero-order chi connectivity index (χ0) is 22.0. The summed E-state index contributed by atoms with van der Waals surface area (Å²) in [6.07, 6.45) is 0.166. The molecule has 0 radical (unpaired) electrons. The highest BCUT2D eigenvalue weighted by Crippen LogP contribution is 2.23. The molecular formula is C22H20N4O4S. The third-order valence-corrected chi connectivity index (χ3v) is 6.56. The molecule has 9 heteroatoms. The number of carbonyl (C=O) groups is 1. The third-order valence-electron chi connectivity index (χ3n) is 4.73. The zero-order valence-electron chi connectivity index (χ0n) is 16.9. The largest absolute Gasteiger partial charge is 0.403 e. The summed E-state index contributed by atoms with van der Waals surface area (Å²) in [4.78, 5) is 12.5. The molecule has 0 unspecified atom stereocenters. The van der Waals surface area contributed by atoms with Gasteiger partial charge in [-0.05, 0) is 40.6 Å². The number of nitrogens with zero attached hydrogens (tertiary/aromatic N) is 3. The highest BCUT2D eigenvalue weighted by Gasteiger charge is 2.18. The van der Waals surface area contributed by atoms with Gasteiger partial charge in [0.1, 0.15) is 0 Å². The highest BCUT2D eigenvalue weighted by molar-refractivity contribution is 7.89. The summed E-state index contributed by atoms with van der Waals surface area (Å²) in [7, 11) is -0.588. The number of carbonyl (C=O) groups excluding carboxylic acids is 1. The normalized spacial score (nSPS) is 11.7. The summed E-state index contributed by atoms with van der Waals surface area (Å²) in [5.41, 5.74) is 1.41. The van der Waals surface area contributed by atoms with E-state index in [1.165, 1.54) is 26.2 Å². The average molecular weight is 436 g/mol. The molecule has 1 N–H and O–H groups in total. The fourth-order valence-corrected chi connectivity index (χ4v) is 3.97. The van der Waals surface area contributed by atoms with Gasteiger partial charge in [-0.2, -0.15) is 0 Å². The molecule has 0 spiro atoms. The summed E-state index contributed by atoms with van der Waals surface area (Å²) in [6, 6.07) is 19.8. The maximum atomic E-state index is 12.4. The van der Waals surface area contributed by atoms with Gasteiger partial charge in [0.15, 0.2) is 0 Å². The molecule has 0 aliphatic heterocycles. The van der Waals surface area contributed by atoms with Crippen molar-refractivity contribution in [3.05, 3.63) is 72.3 Å². The van der Waals surface area contributed by atoms with E-state index in [1.807, 2.05) is 42.5 Å². The van der Waals surface area contributed by atoms with Crippen LogP contribution in [0.3, 0.4) is 0 Å². The van der Waals surface area contributed by atoms with Crippen molar-refractivity contribution >= 4 is 32.7 Å². The van der Waals surface area contributed by atoms with Crippen LogP contribution in [0.25, 0.3) is 22.2 Å². The Morgan fingerprint density at radius 2 is 1.68 bits per heavy atom. The van der Waals surface area contributed by atoms with Crippen LogP contribution in [-0.2, 0) is 21.2 Å².